The first-order chi connectivity index (χ1) is 9.81. The van der Waals surface area contributed by atoms with Gasteiger partial charge in [-0.3, -0.25) is 0 Å². The Labute approximate surface area is 118 Å². The number of ether oxygens (including phenoxy) is 1. The van der Waals surface area contributed by atoms with E-state index < -0.39 is 0 Å². The molecule has 0 spiro atoms. The van der Waals surface area contributed by atoms with Gasteiger partial charge in [0.25, 0.3) is 0 Å². The first kappa shape index (κ1) is 13.1. The summed E-state index contributed by atoms with van der Waals surface area (Å²) >= 11 is 0. The molecule has 20 heavy (non-hydrogen) atoms. The van der Waals surface area contributed by atoms with Crippen molar-refractivity contribution in [2.24, 2.45) is 0 Å². The monoisotopic (exact) mass is 273 g/mol. The Morgan fingerprint density at radius 2 is 2.25 bits per heavy atom. The minimum atomic E-state index is 0.127. The van der Waals surface area contributed by atoms with Crippen LogP contribution in [0.2, 0.25) is 0 Å². The van der Waals surface area contributed by atoms with Crippen LogP contribution in [-0.2, 0) is 13.0 Å². The summed E-state index contributed by atoms with van der Waals surface area (Å²) < 4.78 is 7.30. The molecule has 1 aliphatic heterocycles. The Kier molecular flexibility index (Phi) is 3.69. The first-order valence-corrected chi connectivity index (χ1v) is 6.98. The van der Waals surface area contributed by atoms with Crippen molar-refractivity contribution in [3.8, 4) is 5.75 Å². The van der Waals surface area contributed by atoms with Gasteiger partial charge < -0.3 is 9.84 Å². The molecule has 0 amide bonds. The van der Waals surface area contributed by atoms with Crippen molar-refractivity contribution in [2.75, 3.05) is 13.7 Å². The van der Waals surface area contributed by atoms with Crippen molar-refractivity contribution in [1.29, 1.82) is 0 Å². The summed E-state index contributed by atoms with van der Waals surface area (Å²) in [5, 5.41) is 14.0. The molecule has 0 bridgehead atoms. The molecule has 0 radical (unpaired) electrons. The lowest BCUT2D eigenvalue weighted by atomic mass is 10.0. The van der Waals surface area contributed by atoms with Gasteiger partial charge in [0.05, 0.1) is 13.7 Å². The molecule has 2 aromatic rings. The second-order valence-corrected chi connectivity index (χ2v) is 5.12. The first-order valence-electron chi connectivity index (χ1n) is 6.98. The summed E-state index contributed by atoms with van der Waals surface area (Å²) in [6.07, 6.45) is 2.70. The fourth-order valence-electron chi connectivity index (χ4n) is 2.75. The zero-order valence-electron chi connectivity index (χ0n) is 11.6. The fourth-order valence-corrected chi connectivity index (χ4v) is 2.75. The Morgan fingerprint density at radius 3 is 3.05 bits per heavy atom. The molecule has 5 heteroatoms. The van der Waals surface area contributed by atoms with E-state index in [0.717, 1.165) is 42.3 Å². The average molecular weight is 273 g/mol. The van der Waals surface area contributed by atoms with E-state index in [1.54, 1.807) is 7.11 Å². The molecule has 5 nitrogen and oxygen atoms in total. The van der Waals surface area contributed by atoms with Crippen molar-refractivity contribution < 1.29 is 9.84 Å². The van der Waals surface area contributed by atoms with Crippen LogP contribution in [0.5, 0.6) is 5.75 Å². The summed E-state index contributed by atoms with van der Waals surface area (Å²) in [7, 11) is 1.67. The number of hydrogen-bond acceptors (Lipinski definition) is 4. The molecule has 1 aliphatic rings. The number of hydrogen-bond donors (Lipinski definition) is 1. The predicted molar refractivity (Wildman–Crippen MR) is 74.9 cm³/mol. The van der Waals surface area contributed by atoms with Gasteiger partial charge in [-0.15, -0.1) is 0 Å². The van der Waals surface area contributed by atoms with E-state index in [9.17, 15) is 5.11 Å². The lowest BCUT2D eigenvalue weighted by molar-refractivity contribution is 0.234. The Morgan fingerprint density at radius 1 is 1.40 bits per heavy atom. The van der Waals surface area contributed by atoms with Crippen LogP contribution in [0.1, 0.15) is 36.0 Å². The van der Waals surface area contributed by atoms with Crippen molar-refractivity contribution in [3.05, 3.63) is 41.5 Å². The van der Waals surface area contributed by atoms with E-state index >= 15 is 0 Å². The summed E-state index contributed by atoms with van der Waals surface area (Å²) in [4.78, 5) is 4.61. The predicted octanol–water partition coefficient (Wildman–Crippen LogP) is 1.75. The summed E-state index contributed by atoms with van der Waals surface area (Å²) in [6.45, 7) is 1.04. The number of benzene rings is 1. The summed E-state index contributed by atoms with van der Waals surface area (Å²) in [5.41, 5.74) is 1.08. The van der Waals surface area contributed by atoms with Crippen LogP contribution in [0.15, 0.2) is 24.3 Å². The maximum absolute atomic E-state index is 9.42. The zero-order valence-corrected chi connectivity index (χ0v) is 11.6. The number of aliphatic hydroxyl groups excluding tert-OH is 1. The highest BCUT2D eigenvalue weighted by molar-refractivity contribution is 5.35. The van der Waals surface area contributed by atoms with Crippen molar-refractivity contribution >= 4 is 0 Å². The quantitative estimate of drug-likeness (QED) is 0.922. The van der Waals surface area contributed by atoms with Gasteiger partial charge in [0.1, 0.15) is 11.6 Å². The molecule has 1 atom stereocenters. The van der Waals surface area contributed by atoms with Gasteiger partial charge in [-0.05, 0) is 18.9 Å². The maximum Gasteiger partial charge on any atom is 0.155 e. The van der Waals surface area contributed by atoms with Gasteiger partial charge >= 0.3 is 0 Å². The lowest BCUT2D eigenvalue weighted by Crippen LogP contribution is -2.19. The molecule has 0 saturated heterocycles. The van der Waals surface area contributed by atoms with Gasteiger partial charge in [0.15, 0.2) is 5.82 Å². The molecular formula is C15H19N3O2. The van der Waals surface area contributed by atoms with Crippen molar-refractivity contribution in [1.82, 2.24) is 14.8 Å². The van der Waals surface area contributed by atoms with Crippen molar-refractivity contribution in [3.63, 3.8) is 0 Å². The minimum absolute atomic E-state index is 0.127. The second-order valence-electron chi connectivity index (χ2n) is 5.12. The molecule has 1 N–H and O–H groups in total. The average Bonchev–Trinajstić information content (AvgIpc) is 2.90. The van der Waals surface area contributed by atoms with Gasteiger partial charge in [-0.25, -0.2) is 9.67 Å². The molecule has 1 unspecified atom stereocenters. The largest absolute Gasteiger partial charge is 0.496 e. The van der Waals surface area contributed by atoms with E-state index in [0.29, 0.717) is 6.42 Å². The smallest absolute Gasteiger partial charge is 0.155 e. The van der Waals surface area contributed by atoms with Crippen LogP contribution in [-0.4, -0.2) is 33.6 Å². The van der Waals surface area contributed by atoms with Crippen LogP contribution in [0, 0.1) is 0 Å². The standard InChI is InChI=1S/C15H19N3O2/c1-20-13-7-3-2-5-11(13)9-14-16-15-12(10-19)6-4-8-18(15)17-14/h2-3,5,7,12,19H,4,6,8-10H2,1H3. The number of aryl methyl sites for hydroxylation is 1. The lowest BCUT2D eigenvalue weighted by Gasteiger charge is -2.19. The van der Waals surface area contributed by atoms with E-state index in [1.165, 1.54) is 0 Å². The molecule has 1 aromatic carbocycles. The molecule has 1 aromatic heterocycles. The Hall–Kier alpha value is -1.88. The SMILES string of the molecule is COc1ccccc1Cc1nc2n(n1)CCCC2CO. The molecule has 0 saturated carbocycles. The third-order valence-electron chi connectivity index (χ3n) is 3.79. The molecule has 3 rings (SSSR count). The van der Waals surface area contributed by atoms with Crippen LogP contribution in [0.3, 0.4) is 0 Å². The number of methoxy groups -OCH3 is 1. The highest BCUT2D eigenvalue weighted by atomic mass is 16.5. The number of para-hydroxylation sites is 1. The van der Waals surface area contributed by atoms with Crippen LogP contribution >= 0.6 is 0 Å². The summed E-state index contributed by atoms with van der Waals surface area (Å²) in [5.74, 6) is 2.70. The summed E-state index contributed by atoms with van der Waals surface area (Å²) in [6, 6.07) is 7.92. The van der Waals surface area contributed by atoms with Crippen molar-refractivity contribution in [2.45, 2.75) is 31.7 Å². The number of aliphatic hydroxyl groups is 1. The molecule has 106 valence electrons. The molecular weight excluding hydrogens is 254 g/mol. The number of rotatable bonds is 4. The van der Waals surface area contributed by atoms with Gasteiger partial charge in [0, 0.05) is 24.4 Å². The fraction of sp³-hybridized carbons (Fsp3) is 0.467. The third kappa shape index (κ3) is 2.41. The maximum atomic E-state index is 9.42. The normalized spacial score (nSPS) is 17.8. The van der Waals surface area contributed by atoms with Crippen LogP contribution in [0.4, 0.5) is 0 Å². The number of fused-ring (bicyclic) bond motifs is 1. The Balaban J connectivity index is 1.87. The minimum Gasteiger partial charge on any atom is -0.496 e. The molecule has 0 aliphatic carbocycles. The van der Waals surface area contributed by atoms with E-state index in [1.807, 2.05) is 28.9 Å². The van der Waals surface area contributed by atoms with Crippen LogP contribution < -0.4 is 4.74 Å². The van der Waals surface area contributed by atoms with E-state index in [2.05, 4.69) is 10.1 Å². The highest BCUT2D eigenvalue weighted by Gasteiger charge is 2.23. The highest BCUT2D eigenvalue weighted by Crippen LogP contribution is 2.26. The van der Waals surface area contributed by atoms with Crippen LogP contribution in [0.25, 0.3) is 0 Å². The topological polar surface area (TPSA) is 60.2 Å². The van der Waals surface area contributed by atoms with Gasteiger partial charge in [0.2, 0.25) is 0 Å². The van der Waals surface area contributed by atoms with E-state index in [4.69, 9.17) is 4.74 Å². The number of aromatic nitrogens is 3. The van der Waals surface area contributed by atoms with Gasteiger partial charge in [-0.2, -0.15) is 5.10 Å². The number of nitrogens with zero attached hydrogens (tertiary/aromatic N) is 3. The van der Waals surface area contributed by atoms with E-state index in [-0.39, 0.29) is 12.5 Å². The second kappa shape index (κ2) is 5.63. The molecule has 2 heterocycles. The van der Waals surface area contributed by atoms with Gasteiger partial charge in [-0.1, -0.05) is 18.2 Å². The molecule has 0 fully saturated rings. The zero-order chi connectivity index (χ0) is 13.9. The third-order valence-corrected chi connectivity index (χ3v) is 3.79. The Bertz CT molecular complexity index is 595.